The molecule has 7 nitrogen and oxygen atoms in total. The second-order valence-corrected chi connectivity index (χ2v) is 8.05. The number of benzene rings is 1. The molecule has 2 amide bonds. The van der Waals surface area contributed by atoms with E-state index in [9.17, 15) is 14.4 Å². The van der Waals surface area contributed by atoms with Gasteiger partial charge in [-0.15, -0.1) is 23.1 Å². The number of nitrogens with zero attached hydrogens (tertiary/aromatic N) is 1. The summed E-state index contributed by atoms with van der Waals surface area (Å²) < 4.78 is 4.88. The fourth-order valence-electron chi connectivity index (χ4n) is 2.31. The summed E-state index contributed by atoms with van der Waals surface area (Å²) in [5.74, 6) is -0.271. The Morgan fingerprint density at radius 3 is 2.55 bits per heavy atom. The van der Waals surface area contributed by atoms with Crippen LogP contribution in [0, 0.1) is 0 Å². The molecular formula is C20H25N3O4S2. The largest absolute Gasteiger partial charge is 0.466 e. The maximum atomic E-state index is 12.1. The Morgan fingerprint density at radius 2 is 1.86 bits per heavy atom. The van der Waals surface area contributed by atoms with Crippen molar-refractivity contribution in [2.45, 2.75) is 44.4 Å². The van der Waals surface area contributed by atoms with E-state index in [1.165, 1.54) is 23.1 Å². The molecule has 1 aromatic heterocycles. The molecular weight excluding hydrogens is 410 g/mol. The van der Waals surface area contributed by atoms with Gasteiger partial charge >= 0.3 is 5.97 Å². The van der Waals surface area contributed by atoms with Crippen LogP contribution in [0.4, 0.5) is 10.8 Å². The zero-order valence-corrected chi connectivity index (χ0v) is 18.2. The minimum absolute atomic E-state index is 0.0115. The van der Waals surface area contributed by atoms with Gasteiger partial charge in [-0.1, -0.05) is 13.3 Å². The monoisotopic (exact) mass is 435 g/mol. The lowest BCUT2D eigenvalue weighted by atomic mass is 10.2. The molecule has 0 atom stereocenters. The highest BCUT2D eigenvalue weighted by molar-refractivity contribution is 8.00. The van der Waals surface area contributed by atoms with Crippen molar-refractivity contribution in [3.05, 3.63) is 35.3 Å². The van der Waals surface area contributed by atoms with E-state index < -0.39 is 0 Å². The van der Waals surface area contributed by atoms with Gasteiger partial charge in [0, 0.05) is 22.4 Å². The van der Waals surface area contributed by atoms with Crippen molar-refractivity contribution in [1.29, 1.82) is 0 Å². The lowest BCUT2D eigenvalue weighted by Crippen LogP contribution is -2.14. The first-order valence-corrected chi connectivity index (χ1v) is 11.3. The third-order valence-electron chi connectivity index (χ3n) is 3.69. The van der Waals surface area contributed by atoms with Crippen LogP contribution in [0.5, 0.6) is 0 Å². The second kappa shape index (κ2) is 12.2. The van der Waals surface area contributed by atoms with Crippen LogP contribution in [-0.2, 0) is 25.5 Å². The Hall–Kier alpha value is -2.39. The Balaban J connectivity index is 1.75. The molecule has 0 aliphatic carbocycles. The number of carbonyl (C=O) groups excluding carboxylic acids is 3. The molecule has 0 fully saturated rings. The molecule has 2 aromatic rings. The first-order valence-electron chi connectivity index (χ1n) is 9.42. The van der Waals surface area contributed by atoms with Crippen molar-refractivity contribution in [1.82, 2.24) is 4.98 Å². The van der Waals surface area contributed by atoms with Gasteiger partial charge in [-0.3, -0.25) is 14.4 Å². The van der Waals surface area contributed by atoms with Crippen molar-refractivity contribution in [2.75, 3.05) is 23.0 Å². The van der Waals surface area contributed by atoms with Crippen LogP contribution in [0.15, 0.2) is 34.5 Å². The standard InChI is InChI=1S/C20H25N3O4S2/c1-3-5-6-17(24)21-14-7-9-16(10-8-14)28-13-18(25)23-20-22-15(12-29-20)11-19(26)27-4-2/h7-10,12H,3-6,11,13H2,1-2H3,(H,21,24)(H,22,23,25). The van der Waals surface area contributed by atoms with Crippen molar-refractivity contribution in [3.8, 4) is 0 Å². The predicted molar refractivity (Wildman–Crippen MR) is 116 cm³/mol. The third kappa shape index (κ3) is 8.66. The Kier molecular flexibility index (Phi) is 9.66. The molecule has 9 heteroatoms. The second-order valence-electron chi connectivity index (χ2n) is 6.14. The molecule has 0 saturated heterocycles. The van der Waals surface area contributed by atoms with E-state index in [-0.39, 0.29) is 30.0 Å². The minimum Gasteiger partial charge on any atom is -0.466 e. The summed E-state index contributed by atoms with van der Waals surface area (Å²) >= 11 is 2.66. The van der Waals surface area contributed by atoms with E-state index in [1.54, 1.807) is 12.3 Å². The van der Waals surface area contributed by atoms with Gasteiger partial charge in [0.25, 0.3) is 0 Å². The number of aromatic nitrogens is 1. The number of thioether (sulfide) groups is 1. The van der Waals surface area contributed by atoms with Gasteiger partial charge in [-0.25, -0.2) is 4.98 Å². The molecule has 2 rings (SSSR count). The van der Waals surface area contributed by atoms with E-state index in [0.717, 1.165) is 23.4 Å². The van der Waals surface area contributed by atoms with E-state index in [2.05, 4.69) is 15.6 Å². The number of unbranched alkanes of at least 4 members (excludes halogenated alkanes) is 1. The first-order chi connectivity index (χ1) is 14.0. The number of ether oxygens (including phenoxy) is 1. The lowest BCUT2D eigenvalue weighted by Gasteiger charge is -2.06. The van der Waals surface area contributed by atoms with Crippen LogP contribution in [-0.4, -0.2) is 35.1 Å². The smallest absolute Gasteiger partial charge is 0.311 e. The molecule has 156 valence electrons. The number of thiazole rings is 1. The number of rotatable bonds is 11. The van der Waals surface area contributed by atoms with Gasteiger partial charge < -0.3 is 15.4 Å². The average Bonchev–Trinajstić information content (AvgIpc) is 3.12. The van der Waals surface area contributed by atoms with Crippen molar-refractivity contribution < 1.29 is 19.1 Å². The molecule has 29 heavy (non-hydrogen) atoms. The number of nitrogens with one attached hydrogen (secondary N) is 2. The normalized spacial score (nSPS) is 10.4. The molecule has 0 unspecified atom stereocenters. The van der Waals surface area contributed by atoms with E-state index in [4.69, 9.17) is 4.74 Å². The molecule has 0 radical (unpaired) electrons. The Bertz CT molecular complexity index is 821. The van der Waals surface area contributed by atoms with E-state index >= 15 is 0 Å². The molecule has 0 aliphatic rings. The zero-order valence-electron chi connectivity index (χ0n) is 16.5. The number of carbonyl (C=O) groups is 3. The van der Waals surface area contributed by atoms with Crippen LogP contribution >= 0.6 is 23.1 Å². The number of hydrogen-bond acceptors (Lipinski definition) is 7. The molecule has 0 bridgehead atoms. The number of amides is 2. The highest BCUT2D eigenvalue weighted by Gasteiger charge is 2.11. The van der Waals surface area contributed by atoms with Crippen LogP contribution < -0.4 is 10.6 Å². The summed E-state index contributed by atoms with van der Waals surface area (Å²) in [6.07, 6.45) is 2.47. The fourth-order valence-corrected chi connectivity index (χ4v) is 3.73. The van der Waals surface area contributed by atoms with Crippen LogP contribution in [0.25, 0.3) is 0 Å². The Labute approximate surface area is 178 Å². The summed E-state index contributed by atoms with van der Waals surface area (Å²) in [6, 6.07) is 7.39. The zero-order chi connectivity index (χ0) is 21.1. The van der Waals surface area contributed by atoms with Crippen molar-refractivity contribution >= 4 is 51.7 Å². The summed E-state index contributed by atoms with van der Waals surface area (Å²) in [6.45, 7) is 4.13. The van der Waals surface area contributed by atoms with Crippen LogP contribution in [0.3, 0.4) is 0 Å². The maximum absolute atomic E-state index is 12.1. The summed E-state index contributed by atoms with van der Waals surface area (Å²) in [5, 5.41) is 7.78. The van der Waals surface area contributed by atoms with Gasteiger partial charge in [0.15, 0.2) is 5.13 Å². The molecule has 0 spiro atoms. The summed E-state index contributed by atoms with van der Waals surface area (Å²) in [5.41, 5.74) is 1.32. The van der Waals surface area contributed by atoms with Gasteiger partial charge in [-0.05, 0) is 37.6 Å². The molecule has 1 aromatic carbocycles. The SMILES string of the molecule is CCCCC(=O)Nc1ccc(SCC(=O)Nc2nc(CC(=O)OCC)cs2)cc1. The third-order valence-corrected chi connectivity index (χ3v) is 5.51. The van der Waals surface area contributed by atoms with E-state index in [0.29, 0.717) is 23.9 Å². The van der Waals surface area contributed by atoms with Gasteiger partial charge in [0.2, 0.25) is 11.8 Å². The fraction of sp³-hybridized carbons (Fsp3) is 0.400. The van der Waals surface area contributed by atoms with Crippen molar-refractivity contribution in [2.24, 2.45) is 0 Å². The highest BCUT2D eigenvalue weighted by Crippen LogP contribution is 2.22. The van der Waals surface area contributed by atoms with Gasteiger partial charge in [0.05, 0.1) is 24.5 Å². The first kappa shape index (κ1) is 22.9. The molecule has 0 aliphatic heterocycles. The van der Waals surface area contributed by atoms with Crippen molar-refractivity contribution in [3.63, 3.8) is 0 Å². The molecule has 1 heterocycles. The van der Waals surface area contributed by atoms with E-state index in [1.807, 2.05) is 31.2 Å². The molecule has 0 saturated carbocycles. The van der Waals surface area contributed by atoms with Gasteiger partial charge in [-0.2, -0.15) is 0 Å². The van der Waals surface area contributed by atoms with Gasteiger partial charge in [0.1, 0.15) is 0 Å². The topological polar surface area (TPSA) is 97.4 Å². The number of hydrogen-bond donors (Lipinski definition) is 2. The molecule has 2 N–H and O–H groups in total. The number of anilines is 2. The highest BCUT2D eigenvalue weighted by atomic mass is 32.2. The van der Waals surface area contributed by atoms with Crippen LogP contribution in [0.2, 0.25) is 0 Å². The summed E-state index contributed by atoms with van der Waals surface area (Å²) in [7, 11) is 0. The number of esters is 1. The minimum atomic E-state index is -0.337. The Morgan fingerprint density at radius 1 is 1.10 bits per heavy atom. The maximum Gasteiger partial charge on any atom is 0.311 e. The summed E-state index contributed by atoms with van der Waals surface area (Å²) in [4.78, 5) is 40.5. The lowest BCUT2D eigenvalue weighted by molar-refractivity contribution is -0.142. The van der Waals surface area contributed by atoms with Crippen LogP contribution in [0.1, 0.15) is 38.8 Å². The quantitative estimate of drug-likeness (QED) is 0.407. The predicted octanol–water partition coefficient (Wildman–Crippen LogP) is 4.11. The average molecular weight is 436 g/mol.